The summed E-state index contributed by atoms with van der Waals surface area (Å²) in [5.41, 5.74) is 11.7. The lowest BCUT2D eigenvalue weighted by atomic mass is 9.90. The SMILES string of the molecule is O=C1c2c(cccc2-n2c3ccccc3c3cccc(-c4cncnc4)c32)C(O)N1c1c(-c2ccccc2)cc(-c2ccccc2)cc1-c1ccccc1. The van der Waals surface area contributed by atoms with Gasteiger partial charge in [-0.05, 0) is 46.5 Å². The summed E-state index contributed by atoms with van der Waals surface area (Å²) in [7, 11) is 0. The summed E-state index contributed by atoms with van der Waals surface area (Å²) in [6.07, 6.45) is 3.91. The highest BCUT2D eigenvalue weighted by Crippen LogP contribution is 2.50. The van der Waals surface area contributed by atoms with E-state index in [1.807, 2.05) is 103 Å². The number of carbonyl (C=O) groups is 1. The van der Waals surface area contributed by atoms with Crippen LogP contribution in [-0.4, -0.2) is 25.5 Å². The molecule has 6 heteroatoms. The average molecular weight is 697 g/mol. The molecule has 0 radical (unpaired) electrons. The van der Waals surface area contributed by atoms with Crippen LogP contribution in [0.2, 0.25) is 0 Å². The number of rotatable bonds is 6. The van der Waals surface area contributed by atoms with Gasteiger partial charge in [-0.3, -0.25) is 9.69 Å². The summed E-state index contributed by atoms with van der Waals surface area (Å²) < 4.78 is 2.16. The van der Waals surface area contributed by atoms with Gasteiger partial charge in [0.15, 0.2) is 6.23 Å². The Bertz CT molecular complexity index is 2790. The van der Waals surface area contributed by atoms with E-state index in [1.54, 1.807) is 4.90 Å². The van der Waals surface area contributed by atoms with Crippen LogP contribution in [0.1, 0.15) is 22.1 Å². The standard InChI is InChI=1S/C48H32N4O2/c53-47-39-23-13-25-43(51-42-24-11-10-20-37(42)38-22-12-21-36(45(38)51)35-28-49-30-50-29-35)44(39)48(54)52(47)46-40(32-16-6-2-7-17-32)26-34(31-14-4-1-5-15-31)27-41(46)33-18-8-3-9-19-33/h1-30,47,53H. The molecule has 7 aromatic carbocycles. The number of aliphatic hydroxyl groups excluding tert-OH is 1. The Morgan fingerprint density at radius 1 is 0.519 bits per heavy atom. The highest BCUT2D eigenvalue weighted by atomic mass is 16.3. The number of benzene rings is 7. The van der Waals surface area contributed by atoms with Crippen LogP contribution in [0.15, 0.2) is 183 Å². The highest BCUT2D eigenvalue weighted by Gasteiger charge is 2.41. The van der Waals surface area contributed by atoms with Gasteiger partial charge in [-0.15, -0.1) is 0 Å². The van der Waals surface area contributed by atoms with Crippen molar-refractivity contribution in [2.24, 2.45) is 0 Å². The fourth-order valence-corrected chi connectivity index (χ4v) is 8.09. The molecule has 0 bridgehead atoms. The summed E-state index contributed by atoms with van der Waals surface area (Å²) in [5.74, 6) is -0.276. The lowest BCUT2D eigenvalue weighted by molar-refractivity contribution is 0.0935. The quantitative estimate of drug-likeness (QED) is 0.188. The van der Waals surface area contributed by atoms with Crippen LogP contribution in [0.5, 0.6) is 0 Å². The van der Waals surface area contributed by atoms with Gasteiger partial charge in [0.25, 0.3) is 5.91 Å². The van der Waals surface area contributed by atoms with Crippen LogP contribution in [-0.2, 0) is 0 Å². The maximum Gasteiger partial charge on any atom is 0.263 e. The largest absolute Gasteiger partial charge is 0.369 e. The number of carbonyl (C=O) groups excluding carboxylic acids is 1. The zero-order valence-electron chi connectivity index (χ0n) is 29.0. The molecule has 54 heavy (non-hydrogen) atoms. The van der Waals surface area contributed by atoms with E-state index in [0.29, 0.717) is 22.5 Å². The molecule has 3 heterocycles. The molecule has 9 aromatic rings. The van der Waals surface area contributed by atoms with Gasteiger partial charge < -0.3 is 9.67 Å². The first kappa shape index (κ1) is 31.6. The van der Waals surface area contributed by atoms with E-state index >= 15 is 4.79 Å². The number of amides is 1. The molecule has 0 spiro atoms. The second-order valence-electron chi connectivity index (χ2n) is 13.5. The van der Waals surface area contributed by atoms with Crippen molar-refractivity contribution < 1.29 is 9.90 Å². The Hall–Kier alpha value is -7.15. The van der Waals surface area contributed by atoms with Gasteiger partial charge in [0, 0.05) is 51.0 Å². The first-order valence-corrected chi connectivity index (χ1v) is 17.9. The molecule has 1 amide bonds. The first-order chi connectivity index (χ1) is 26.7. The number of anilines is 1. The third kappa shape index (κ3) is 4.96. The first-order valence-electron chi connectivity index (χ1n) is 17.9. The van der Waals surface area contributed by atoms with Gasteiger partial charge in [-0.1, -0.05) is 140 Å². The van der Waals surface area contributed by atoms with Gasteiger partial charge in [-0.2, -0.15) is 0 Å². The van der Waals surface area contributed by atoms with Gasteiger partial charge in [0.2, 0.25) is 0 Å². The Balaban J connectivity index is 1.25. The van der Waals surface area contributed by atoms with Crippen molar-refractivity contribution in [3.63, 3.8) is 0 Å². The lowest BCUT2D eigenvalue weighted by Gasteiger charge is -2.28. The minimum absolute atomic E-state index is 0.276. The van der Waals surface area contributed by atoms with Crippen molar-refractivity contribution in [1.29, 1.82) is 0 Å². The molecule has 0 fully saturated rings. The van der Waals surface area contributed by atoms with Crippen LogP contribution >= 0.6 is 0 Å². The second kappa shape index (κ2) is 12.8. The normalized spacial score (nSPS) is 13.8. The molecule has 256 valence electrons. The van der Waals surface area contributed by atoms with E-state index in [9.17, 15) is 5.11 Å². The Labute approximate surface area is 311 Å². The van der Waals surface area contributed by atoms with Crippen LogP contribution in [0.4, 0.5) is 5.69 Å². The number of para-hydroxylation sites is 2. The van der Waals surface area contributed by atoms with Crippen molar-refractivity contribution in [1.82, 2.24) is 14.5 Å². The van der Waals surface area contributed by atoms with Crippen LogP contribution < -0.4 is 4.90 Å². The predicted molar refractivity (Wildman–Crippen MR) is 216 cm³/mol. The molecule has 1 N–H and O–H groups in total. The van der Waals surface area contributed by atoms with Gasteiger partial charge in [-0.25, -0.2) is 9.97 Å². The molecule has 1 aliphatic heterocycles. The van der Waals surface area contributed by atoms with Crippen molar-refractivity contribution in [2.45, 2.75) is 6.23 Å². The van der Waals surface area contributed by atoms with Crippen molar-refractivity contribution in [3.05, 3.63) is 194 Å². The molecule has 0 saturated heterocycles. The second-order valence-corrected chi connectivity index (χ2v) is 13.5. The zero-order chi connectivity index (χ0) is 36.2. The molecular formula is C48H32N4O2. The summed E-state index contributed by atoms with van der Waals surface area (Å²) in [6.45, 7) is 0. The fourth-order valence-electron chi connectivity index (χ4n) is 8.09. The smallest absolute Gasteiger partial charge is 0.263 e. The zero-order valence-corrected chi connectivity index (χ0v) is 29.0. The van der Waals surface area contributed by atoms with Crippen molar-refractivity contribution in [2.75, 3.05) is 4.90 Å². The number of nitrogens with zero attached hydrogens (tertiary/aromatic N) is 4. The highest BCUT2D eigenvalue weighted by molar-refractivity contribution is 6.19. The summed E-state index contributed by atoms with van der Waals surface area (Å²) in [6, 6.07) is 55.0. The summed E-state index contributed by atoms with van der Waals surface area (Å²) in [5, 5.41) is 14.6. The maximum absolute atomic E-state index is 15.4. The van der Waals surface area contributed by atoms with Crippen LogP contribution in [0.3, 0.4) is 0 Å². The van der Waals surface area contributed by atoms with E-state index in [0.717, 1.165) is 66.3 Å². The number of fused-ring (bicyclic) bond motifs is 4. The molecule has 6 nitrogen and oxygen atoms in total. The van der Waals surface area contributed by atoms with E-state index in [4.69, 9.17) is 0 Å². The van der Waals surface area contributed by atoms with Crippen LogP contribution in [0, 0.1) is 0 Å². The minimum Gasteiger partial charge on any atom is -0.369 e. The van der Waals surface area contributed by atoms with Gasteiger partial charge in [0.1, 0.15) is 6.33 Å². The molecule has 1 unspecified atom stereocenters. The van der Waals surface area contributed by atoms with E-state index in [1.165, 1.54) is 6.33 Å². The molecule has 1 aliphatic rings. The van der Waals surface area contributed by atoms with Crippen molar-refractivity contribution in [3.8, 4) is 50.2 Å². The molecular weight excluding hydrogens is 665 g/mol. The van der Waals surface area contributed by atoms with E-state index in [2.05, 4.69) is 87.3 Å². The maximum atomic E-state index is 15.4. The molecule has 1 atom stereocenters. The number of hydrogen-bond donors (Lipinski definition) is 1. The van der Waals surface area contributed by atoms with Crippen LogP contribution in [0.25, 0.3) is 72.0 Å². The Morgan fingerprint density at radius 2 is 1.09 bits per heavy atom. The van der Waals surface area contributed by atoms with Gasteiger partial charge >= 0.3 is 0 Å². The topological polar surface area (TPSA) is 71.2 Å². The fraction of sp³-hybridized carbons (Fsp3) is 0.0208. The predicted octanol–water partition coefficient (Wildman–Crippen LogP) is 10.9. The molecule has 0 aliphatic carbocycles. The number of aromatic nitrogens is 3. The minimum atomic E-state index is -1.24. The van der Waals surface area contributed by atoms with E-state index in [-0.39, 0.29) is 5.91 Å². The lowest BCUT2D eigenvalue weighted by Crippen LogP contribution is -2.29. The molecule has 2 aromatic heterocycles. The van der Waals surface area contributed by atoms with E-state index < -0.39 is 6.23 Å². The van der Waals surface area contributed by atoms with Gasteiger partial charge in [0.05, 0.1) is 28.0 Å². The number of aliphatic hydroxyl groups is 1. The monoisotopic (exact) mass is 696 g/mol. The third-order valence-electron chi connectivity index (χ3n) is 10.5. The molecule has 10 rings (SSSR count). The summed E-state index contributed by atoms with van der Waals surface area (Å²) in [4.78, 5) is 25.6. The number of hydrogen-bond acceptors (Lipinski definition) is 4. The third-order valence-corrected chi connectivity index (χ3v) is 10.5. The Morgan fingerprint density at radius 3 is 1.76 bits per heavy atom. The van der Waals surface area contributed by atoms with Crippen molar-refractivity contribution >= 4 is 33.4 Å². The average Bonchev–Trinajstić information content (AvgIpc) is 3.72. The Kier molecular flexibility index (Phi) is 7.49. The molecule has 0 saturated carbocycles. The summed E-state index contributed by atoms with van der Waals surface area (Å²) >= 11 is 0.